The van der Waals surface area contributed by atoms with Gasteiger partial charge >= 0.3 is 0 Å². The van der Waals surface area contributed by atoms with Crippen molar-refractivity contribution in [2.24, 2.45) is 0 Å². The van der Waals surface area contributed by atoms with Crippen LogP contribution in [0.25, 0.3) is 0 Å². The lowest BCUT2D eigenvalue weighted by atomic mass is 10.6. The molecule has 0 amide bonds. The topological polar surface area (TPSA) is 55.4 Å². The first-order valence-electron chi connectivity index (χ1n) is 16.8. The van der Waals surface area contributed by atoms with Crippen LogP contribution < -0.4 is 0 Å². The zero-order chi connectivity index (χ0) is 40.4. The Morgan fingerprint density at radius 2 is 0.826 bits per heavy atom. The molecule has 0 saturated heterocycles. The minimum atomic E-state index is -1.50. The van der Waals surface area contributed by atoms with Crippen LogP contribution in [0.1, 0.15) is 14.7 Å². The van der Waals surface area contributed by atoms with Crippen LogP contribution in [0.5, 0.6) is 0 Å². The summed E-state index contributed by atoms with van der Waals surface area (Å²) in [5.41, 5.74) is 3.76. The quantitative estimate of drug-likeness (QED) is 0.135. The summed E-state index contributed by atoms with van der Waals surface area (Å²) >= 11 is 3.46. The van der Waals surface area contributed by atoms with Gasteiger partial charge in [-0.2, -0.15) is 12.6 Å². The van der Waals surface area contributed by atoms with Crippen LogP contribution in [0, 0.1) is 7.11 Å². The molecule has 0 aromatic rings. The predicted octanol–water partition coefficient (Wildman–Crippen LogP) is 11.6. The molecule has 0 aliphatic carbocycles. The number of hydrogen-bond donors (Lipinski definition) is 1. The van der Waals surface area contributed by atoms with Crippen LogP contribution >= 0.6 is 12.6 Å². The fraction of sp³-hybridized carbons (Fsp3) is 0.844. The minimum absolute atomic E-state index is 0.139. The van der Waals surface area contributed by atoms with Gasteiger partial charge in [0.15, 0.2) is 40.4 Å². The first kappa shape index (κ1) is 62.1. The van der Waals surface area contributed by atoms with E-state index >= 15 is 0 Å². The maximum atomic E-state index is 6.07. The van der Waals surface area contributed by atoms with E-state index in [0.717, 1.165) is 0 Å². The lowest BCUT2D eigenvalue weighted by molar-refractivity contribution is 0.403. The molecule has 0 spiro atoms. The third kappa shape index (κ3) is 104. The van der Waals surface area contributed by atoms with Crippen LogP contribution in [-0.4, -0.2) is 100 Å². The molecule has 0 aliphatic rings. The summed E-state index contributed by atoms with van der Waals surface area (Å²) in [6.07, 6.45) is 1.45. The summed E-state index contributed by atoms with van der Waals surface area (Å²) in [4.78, 5) is 0. The van der Waals surface area contributed by atoms with Gasteiger partial charge in [-0.25, -0.2) is 4.43 Å². The molecule has 46 heavy (non-hydrogen) atoms. The van der Waals surface area contributed by atoms with Gasteiger partial charge in [0.25, 0.3) is 8.32 Å². The Balaban J connectivity index is -0.0000000624. The molecule has 0 rings (SSSR count). The van der Waals surface area contributed by atoms with E-state index in [2.05, 4.69) is 145 Å². The van der Waals surface area contributed by atoms with E-state index < -0.39 is 49.9 Å². The molecule has 286 valence electrons. The van der Waals surface area contributed by atoms with E-state index in [0.29, 0.717) is 0 Å². The summed E-state index contributed by atoms with van der Waals surface area (Å²) in [6.45, 7) is 48.6. The molecular weight excluding hydrogens is 709 g/mol. The fourth-order valence-corrected chi connectivity index (χ4v) is 2.54. The molecule has 14 heteroatoms. The zero-order valence-corrected chi connectivity index (χ0v) is 43.9. The first-order valence-corrected chi connectivity index (χ1v) is 39.5. The molecule has 0 heterocycles. The number of hydrogen-bond acceptors (Lipinski definition) is 7. The van der Waals surface area contributed by atoms with Crippen LogP contribution in [0.3, 0.4) is 0 Å². The molecule has 0 radical (unpaired) electrons. The molecule has 0 aliphatic heterocycles. The lowest BCUT2D eigenvalue weighted by Gasteiger charge is -2.17. The Labute approximate surface area is 308 Å². The molecule has 0 aromatic carbocycles. The monoisotopic (exact) mass is 798 g/mol. The molecular formula is C32H89O6SSi7+. The van der Waals surface area contributed by atoms with Gasteiger partial charge in [0.2, 0.25) is 8.32 Å². The van der Waals surface area contributed by atoms with E-state index in [1.807, 2.05) is 31.6 Å². The van der Waals surface area contributed by atoms with Gasteiger partial charge in [-0.15, -0.1) is 13.2 Å². The van der Waals surface area contributed by atoms with Crippen molar-refractivity contribution < 1.29 is 27.9 Å². The normalized spacial score (nSPS) is 11.4. The molecule has 0 N–H and O–H groups in total. The smallest absolute Gasteiger partial charge is 0.278 e. The van der Waals surface area contributed by atoms with Gasteiger partial charge < -0.3 is 22.1 Å². The Bertz CT molecular complexity index is 585. The highest BCUT2D eigenvalue weighted by Crippen LogP contribution is 2.10. The SMILES string of the molecule is C=C[Si](C)(C)OC.C=C[Si](C)(C)O[CH2+].CCC[Si](C)(C)OC.CO[Si](C)(C)C.CO[Si](C)(C)C.CO[Si](C)(C)C.C[SiH](C)C.[2H]CS. The average molecular weight is 800 g/mol. The van der Waals surface area contributed by atoms with E-state index in [-0.39, 0.29) is 15.0 Å². The number of thiol groups is 1. The Kier molecular flexibility index (Phi) is 50.3. The maximum Gasteiger partial charge on any atom is 0.278 e. The number of rotatable bonds is 10. The van der Waals surface area contributed by atoms with Gasteiger partial charge in [-0.05, 0) is 110 Å². The van der Waals surface area contributed by atoms with E-state index in [9.17, 15) is 0 Å². The van der Waals surface area contributed by atoms with Crippen molar-refractivity contribution in [2.45, 2.75) is 137 Å². The molecule has 0 aromatic heterocycles. The van der Waals surface area contributed by atoms with Gasteiger partial charge in [-0.3, -0.25) is 0 Å². The second-order valence-electron chi connectivity index (χ2n) is 15.4. The third-order valence-corrected chi connectivity index (χ3v) is 15.4. The third-order valence-electron chi connectivity index (χ3n) is 5.12. The minimum Gasteiger partial charge on any atom is -0.421 e. The van der Waals surface area contributed by atoms with Crippen molar-refractivity contribution in [3.05, 3.63) is 31.7 Å². The summed E-state index contributed by atoms with van der Waals surface area (Å²) in [5.74, 6) is 0. The highest BCUT2D eigenvalue weighted by molar-refractivity contribution is 7.79. The van der Waals surface area contributed by atoms with Crippen molar-refractivity contribution in [2.75, 3.05) is 41.8 Å². The van der Waals surface area contributed by atoms with Crippen molar-refractivity contribution in [3.63, 3.8) is 0 Å². The van der Waals surface area contributed by atoms with E-state index in [1.165, 1.54) is 12.5 Å². The van der Waals surface area contributed by atoms with Gasteiger partial charge in [0.1, 0.15) is 0 Å². The highest BCUT2D eigenvalue weighted by Gasteiger charge is 2.19. The predicted molar refractivity (Wildman–Crippen MR) is 239 cm³/mol. The van der Waals surface area contributed by atoms with Crippen molar-refractivity contribution in [1.29, 1.82) is 0 Å². The van der Waals surface area contributed by atoms with E-state index in [1.54, 1.807) is 28.4 Å². The molecule has 0 unspecified atom stereocenters. The largest absolute Gasteiger partial charge is 0.421 e. The maximum absolute atomic E-state index is 6.07. The second-order valence-corrected chi connectivity index (χ2v) is 45.1. The van der Waals surface area contributed by atoms with Gasteiger partial charge in [0.05, 0.1) is 0 Å². The molecule has 0 saturated carbocycles. The van der Waals surface area contributed by atoms with Crippen LogP contribution in [-0.2, 0) is 26.6 Å². The first-order chi connectivity index (χ1) is 20.7. The standard InChI is InChI=1S/C6H16OSi.C5H12OSi.C5H11OSi.3C4H12OSi.C3H10Si.CH4S/c1-5-6-8(3,4)7-2;2*1-5-7(3,4)6-2;3*1-5-6(2,3)4;1-4(2)3;1-2/h5-6H2,1-4H3;5H,1H2,2-4H3;5H,1-2H2,3-4H3;3*1-4H3;4H,1-3H3;2H,1H3/q;;+1;;;;;/i;;;;;;;1D. The molecule has 0 bridgehead atoms. The van der Waals surface area contributed by atoms with Crippen LogP contribution in [0.2, 0.25) is 124 Å². The Morgan fingerprint density at radius 1 is 0.609 bits per heavy atom. The summed E-state index contributed by atoms with van der Waals surface area (Å²) in [5, 5.41) is 0. The molecule has 6 nitrogen and oxygen atoms in total. The molecule has 0 fully saturated rings. The Morgan fingerprint density at radius 3 is 0.848 bits per heavy atom. The van der Waals surface area contributed by atoms with Crippen molar-refractivity contribution in [1.82, 2.24) is 0 Å². The van der Waals surface area contributed by atoms with Crippen LogP contribution in [0.4, 0.5) is 0 Å². The van der Waals surface area contributed by atoms with Crippen molar-refractivity contribution >= 4 is 71.3 Å². The van der Waals surface area contributed by atoms with E-state index in [4.69, 9.17) is 27.9 Å². The summed E-state index contributed by atoms with van der Waals surface area (Å²) in [7, 11) is 4.58. The summed E-state index contributed by atoms with van der Waals surface area (Å²) < 4.78 is 36.6. The van der Waals surface area contributed by atoms with Gasteiger partial charge in [0, 0.05) is 45.7 Å². The summed E-state index contributed by atoms with van der Waals surface area (Å²) in [6, 6.07) is 1.28. The molecule has 0 atom stereocenters. The fourth-order valence-electron chi connectivity index (χ4n) is 0.846. The zero-order valence-electron chi connectivity index (χ0n) is 36.9. The van der Waals surface area contributed by atoms with Gasteiger partial charge in [-0.1, -0.05) is 44.4 Å². The lowest BCUT2D eigenvalue weighted by Crippen LogP contribution is -2.27. The Hall–Kier alpha value is 0.978. The average Bonchev–Trinajstić information content (AvgIpc) is 2.93. The van der Waals surface area contributed by atoms with Crippen molar-refractivity contribution in [3.8, 4) is 0 Å². The highest BCUT2D eigenvalue weighted by atomic mass is 32.1. The second kappa shape index (κ2) is 37.2. The van der Waals surface area contributed by atoms with Crippen LogP contribution in [0.15, 0.2) is 24.6 Å².